The fourth-order valence-corrected chi connectivity index (χ4v) is 1.53. The van der Waals surface area contributed by atoms with Crippen molar-refractivity contribution in [3.8, 4) is 0 Å². The van der Waals surface area contributed by atoms with E-state index in [1.165, 1.54) is 0 Å². The predicted octanol–water partition coefficient (Wildman–Crippen LogP) is 3.26. The highest BCUT2D eigenvalue weighted by atomic mass is 16.1. The van der Waals surface area contributed by atoms with Crippen LogP contribution in [0.3, 0.4) is 0 Å². The van der Waals surface area contributed by atoms with Gasteiger partial charge in [0, 0.05) is 24.1 Å². The van der Waals surface area contributed by atoms with Gasteiger partial charge in [-0.25, -0.2) is 0 Å². The van der Waals surface area contributed by atoms with Crippen LogP contribution in [0.4, 0.5) is 5.69 Å². The Bertz CT molecular complexity index is 393. The molecule has 1 aromatic carbocycles. The molecule has 3 nitrogen and oxygen atoms in total. The largest absolute Gasteiger partial charge is 0.326 e. The summed E-state index contributed by atoms with van der Waals surface area (Å²) >= 11 is 0. The van der Waals surface area contributed by atoms with Crippen molar-refractivity contribution in [2.24, 2.45) is 5.92 Å². The van der Waals surface area contributed by atoms with Crippen molar-refractivity contribution in [2.75, 3.05) is 5.32 Å². The first kappa shape index (κ1) is 13.4. The van der Waals surface area contributed by atoms with Crippen LogP contribution in [0.15, 0.2) is 24.3 Å². The topological polar surface area (TPSA) is 46.2 Å². The molecule has 0 aromatic heterocycles. The Labute approximate surface area is 102 Å². The predicted molar refractivity (Wildman–Crippen MR) is 69.1 cm³/mol. The van der Waals surface area contributed by atoms with Crippen LogP contribution in [0.2, 0.25) is 0 Å². The van der Waals surface area contributed by atoms with Gasteiger partial charge in [0.1, 0.15) is 0 Å². The van der Waals surface area contributed by atoms with E-state index < -0.39 is 0 Å². The molecule has 1 aromatic rings. The van der Waals surface area contributed by atoms with E-state index in [1.807, 2.05) is 20.8 Å². The smallest absolute Gasteiger partial charge is 0.224 e. The molecule has 0 radical (unpaired) electrons. The average Bonchev–Trinajstić information content (AvgIpc) is 2.28. The zero-order valence-corrected chi connectivity index (χ0v) is 10.6. The summed E-state index contributed by atoms with van der Waals surface area (Å²) < 4.78 is 0. The van der Waals surface area contributed by atoms with Gasteiger partial charge in [0.25, 0.3) is 0 Å². The van der Waals surface area contributed by atoms with E-state index in [4.69, 9.17) is 0 Å². The Hall–Kier alpha value is -1.64. The molecule has 0 saturated heterocycles. The lowest BCUT2D eigenvalue weighted by atomic mass is 10.1. The zero-order valence-electron chi connectivity index (χ0n) is 10.6. The second-order valence-corrected chi connectivity index (χ2v) is 4.50. The molecule has 1 amide bonds. The van der Waals surface area contributed by atoms with Gasteiger partial charge in [-0.15, -0.1) is 0 Å². The Kier molecular flexibility index (Phi) is 4.88. The van der Waals surface area contributed by atoms with E-state index >= 15 is 0 Å². The maximum absolute atomic E-state index is 11.5. The first-order valence-electron chi connectivity index (χ1n) is 5.96. The van der Waals surface area contributed by atoms with Gasteiger partial charge in [0.2, 0.25) is 5.91 Å². The van der Waals surface area contributed by atoms with E-state index in [0.717, 1.165) is 5.69 Å². The summed E-state index contributed by atoms with van der Waals surface area (Å²) in [6.45, 7) is 5.84. The van der Waals surface area contributed by atoms with Crippen LogP contribution in [0.5, 0.6) is 0 Å². The maximum atomic E-state index is 11.5. The summed E-state index contributed by atoms with van der Waals surface area (Å²) in [5, 5.41) is 2.81. The van der Waals surface area contributed by atoms with Gasteiger partial charge in [0.15, 0.2) is 5.78 Å². The number of hydrogen-bond donors (Lipinski definition) is 1. The minimum Gasteiger partial charge on any atom is -0.326 e. The lowest BCUT2D eigenvalue weighted by Gasteiger charge is -2.07. The molecule has 0 atom stereocenters. The quantitative estimate of drug-likeness (QED) is 0.793. The molecule has 0 saturated carbocycles. The third-order valence-electron chi connectivity index (χ3n) is 2.41. The van der Waals surface area contributed by atoms with Gasteiger partial charge in [-0.3, -0.25) is 9.59 Å². The molecule has 0 spiro atoms. The normalized spacial score (nSPS) is 10.4. The molecule has 0 heterocycles. The SMILES string of the molecule is CCC(=O)c1ccc(NC(=O)CC(C)C)cc1. The minimum atomic E-state index is 0.00886. The molecule has 1 rings (SSSR count). The Morgan fingerprint density at radius 2 is 1.76 bits per heavy atom. The Balaban J connectivity index is 2.62. The second-order valence-electron chi connectivity index (χ2n) is 4.50. The number of carbonyl (C=O) groups is 2. The lowest BCUT2D eigenvalue weighted by Crippen LogP contribution is -2.13. The molecule has 17 heavy (non-hydrogen) atoms. The van der Waals surface area contributed by atoms with Gasteiger partial charge in [-0.2, -0.15) is 0 Å². The number of carbonyl (C=O) groups excluding carboxylic acids is 2. The summed E-state index contributed by atoms with van der Waals surface area (Å²) in [6.07, 6.45) is 1.01. The van der Waals surface area contributed by atoms with Crippen LogP contribution in [-0.4, -0.2) is 11.7 Å². The lowest BCUT2D eigenvalue weighted by molar-refractivity contribution is -0.116. The Morgan fingerprint density at radius 1 is 1.18 bits per heavy atom. The van der Waals surface area contributed by atoms with Crippen LogP contribution in [0.25, 0.3) is 0 Å². The number of anilines is 1. The number of amides is 1. The summed E-state index contributed by atoms with van der Waals surface area (Å²) in [4.78, 5) is 22.9. The summed E-state index contributed by atoms with van der Waals surface area (Å²) in [5.41, 5.74) is 1.43. The molecule has 92 valence electrons. The highest BCUT2D eigenvalue weighted by Gasteiger charge is 2.06. The number of rotatable bonds is 5. The van der Waals surface area contributed by atoms with Crippen molar-refractivity contribution in [1.29, 1.82) is 0 Å². The van der Waals surface area contributed by atoms with Gasteiger partial charge < -0.3 is 5.32 Å². The molecule has 0 aliphatic carbocycles. The highest BCUT2D eigenvalue weighted by molar-refractivity contribution is 5.97. The van der Waals surface area contributed by atoms with Crippen molar-refractivity contribution >= 4 is 17.4 Å². The summed E-state index contributed by atoms with van der Waals surface area (Å²) in [5.74, 6) is 0.468. The maximum Gasteiger partial charge on any atom is 0.224 e. The van der Waals surface area contributed by atoms with Crippen molar-refractivity contribution < 1.29 is 9.59 Å². The van der Waals surface area contributed by atoms with E-state index in [2.05, 4.69) is 5.32 Å². The molecule has 0 unspecified atom stereocenters. The van der Waals surface area contributed by atoms with Gasteiger partial charge in [0.05, 0.1) is 0 Å². The van der Waals surface area contributed by atoms with Crippen LogP contribution in [-0.2, 0) is 4.79 Å². The van der Waals surface area contributed by atoms with Crippen molar-refractivity contribution in [1.82, 2.24) is 0 Å². The molecule has 0 fully saturated rings. The van der Waals surface area contributed by atoms with E-state index in [0.29, 0.717) is 24.3 Å². The number of nitrogens with one attached hydrogen (secondary N) is 1. The number of ketones is 1. The van der Waals surface area contributed by atoms with Gasteiger partial charge >= 0.3 is 0 Å². The third kappa shape index (κ3) is 4.39. The van der Waals surface area contributed by atoms with Crippen molar-refractivity contribution in [2.45, 2.75) is 33.6 Å². The van der Waals surface area contributed by atoms with E-state index in [1.54, 1.807) is 24.3 Å². The summed E-state index contributed by atoms with van der Waals surface area (Å²) in [7, 11) is 0. The highest BCUT2D eigenvalue weighted by Crippen LogP contribution is 2.12. The van der Waals surface area contributed by atoms with Crippen molar-refractivity contribution in [3.63, 3.8) is 0 Å². The fourth-order valence-electron chi connectivity index (χ4n) is 1.53. The molecule has 3 heteroatoms. The minimum absolute atomic E-state index is 0.00886. The molecule has 0 aliphatic heterocycles. The number of hydrogen-bond acceptors (Lipinski definition) is 2. The van der Waals surface area contributed by atoms with E-state index in [9.17, 15) is 9.59 Å². The fraction of sp³-hybridized carbons (Fsp3) is 0.429. The summed E-state index contributed by atoms with van der Waals surface area (Å²) in [6, 6.07) is 7.02. The number of Topliss-reactive ketones (excluding diaryl/α,β-unsaturated/α-hetero) is 1. The van der Waals surface area contributed by atoms with Gasteiger partial charge in [-0.05, 0) is 30.2 Å². The van der Waals surface area contributed by atoms with Crippen LogP contribution < -0.4 is 5.32 Å². The second kappa shape index (κ2) is 6.18. The molecule has 0 aliphatic rings. The molecule has 0 bridgehead atoms. The monoisotopic (exact) mass is 233 g/mol. The standard InChI is InChI=1S/C14H19NO2/c1-4-13(16)11-5-7-12(8-6-11)15-14(17)9-10(2)3/h5-8,10H,4,9H2,1-3H3,(H,15,17). The van der Waals surface area contributed by atoms with Crippen LogP contribution >= 0.6 is 0 Å². The first-order chi connectivity index (χ1) is 8.02. The number of benzene rings is 1. The first-order valence-corrected chi connectivity index (χ1v) is 5.96. The Morgan fingerprint density at radius 3 is 2.24 bits per heavy atom. The molecular weight excluding hydrogens is 214 g/mol. The average molecular weight is 233 g/mol. The molecule has 1 N–H and O–H groups in total. The van der Waals surface area contributed by atoms with Crippen molar-refractivity contribution in [3.05, 3.63) is 29.8 Å². The molecular formula is C14H19NO2. The van der Waals surface area contributed by atoms with Crippen LogP contribution in [0, 0.1) is 5.92 Å². The third-order valence-corrected chi connectivity index (χ3v) is 2.41. The van der Waals surface area contributed by atoms with Crippen LogP contribution in [0.1, 0.15) is 44.0 Å². The van der Waals surface area contributed by atoms with E-state index in [-0.39, 0.29) is 11.7 Å². The van der Waals surface area contributed by atoms with Gasteiger partial charge in [-0.1, -0.05) is 20.8 Å². The zero-order chi connectivity index (χ0) is 12.8.